The lowest BCUT2D eigenvalue weighted by Gasteiger charge is -2.16. The standard InChI is InChI=1S/C66H38N4O/c1-3-18-40(19-4-1)62-61-47-25-11-9-23-45(47)46-24-10-14-28-50(46)63(61)68-66(67-62)70-54-30-16-15-29-51(54)59-48-26-12-13-27-49(48)60-53-37-41(33-36-57(53)71-65(60)64(59)70)42-31-34-52-56(38-42)69(43-20-5-2-6-21-43)55-35-32-39-17-7-8-22-44(39)58(52)55/h1-38H. The van der Waals surface area contributed by atoms with Gasteiger partial charge in [-0.2, -0.15) is 0 Å². The molecule has 0 saturated heterocycles. The maximum absolute atomic E-state index is 7.23. The van der Waals surface area contributed by atoms with Crippen molar-refractivity contribution in [3.8, 4) is 34.0 Å². The molecule has 0 amide bonds. The molecule has 16 aromatic rings. The number of nitrogens with zero attached hydrogens (tertiary/aromatic N) is 4. The van der Waals surface area contributed by atoms with E-state index in [1.54, 1.807) is 0 Å². The Hall–Kier alpha value is -9.58. The first-order chi connectivity index (χ1) is 35.2. The highest BCUT2D eigenvalue weighted by molar-refractivity contribution is 6.35. The average Bonchev–Trinajstić information content (AvgIpc) is 4.12. The zero-order valence-corrected chi connectivity index (χ0v) is 38.1. The average molecular weight is 903 g/mol. The summed E-state index contributed by atoms with van der Waals surface area (Å²) in [7, 11) is 0. The lowest BCUT2D eigenvalue weighted by molar-refractivity contribution is 0.671. The summed E-state index contributed by atoms with van der Waals surface area (Å²) in [5.74, 6) is 0.593. The van der Waals surface area contributed by atoms with Crippen LogP contribution < -0.4 is 0 Å². The van der Waals surface area contributed by atoms with Gasteiger partial charge in [-0.25, -0.2) is 9.97 Å². The minimum atomic E-state index is 0.593. The first kappa shape index (κ1) is 38.4. The molecule has 5 heteroatoms. The Kier molecular flexibility index (Phi) is 7.82. The van der Waals surface area contributed by atoms with Gasteiger partial charge in [0.1, 0.15) is 11.1 Å². The molecule has 0 spiro atoms. The Bertz CT molecular complexity index is 4930. The molecule has 4 heterocycles. The fourth-order valence-corrected chi connectivity index (χ4v) is 12.1. The van der Waals surface area contributed by atoms with Crippen molar-refractivity contribution in [3.63, 3.8) is 0 Å². The molecule has 12 aromatic carbocycles. The molecule has 5 nitrogen and oxygen atoms in total. The number of hydrogen-bond acceptors (Lipinski definition) is 3. The summed E-state index contributed by atoms with van der Waals surface area (Å²) in [6, 6.07) is 82.9. The van der Waals surface area contributed by atoms with Crippen molar-refractivity contribution >= 4 is 120 Å². The normalized spacial score (nSPS) is 12.2. The van der Waals surface area contributed by atoms with Crippen molar-refractivity contribution in [1.29, 1.82) is 0 Å². The summed E-state index contributed by atoms with van der Waals surface area (Å²) in [6.07, 6.45) is 0. The minimum absolute atomic E-state index is 0.593. The molecular formula is C66H38N4O. The van der Waals surface area contributed by atoms with E-state index in [2.05, 4.69) is 240 Å². The van der Waals surface area contributed by atoms with Gasteiger partial charge in [0.2, 0.25) is 5.95 Å². The van der Waals surface area contributed by atoms with Crippen LogP contribution in [-0.4, -0.2) is 19.1 Å². The molecule has 0 radical (unpaired) electrons. The maximum atomic E-state index is 7.23. The smallest absolute Gasteiger partial charge is 0.235 e. The predicted molar refractivity (Wildman–Crippen MR) is 296 cm³/mol. The predicted octanol–water partition coefficient (Wildman–Crippen LogP) is 17.7. The molecular weight excluding hydrogens is 865 g/mol. The van der Waals surface area contributed by atoms with Crippen LogP contribution in [0.2, 0.25) is 0 Å². The third-order valence-electron chi connectivity index (χ3n) is 15.1. The molecule has 0 aliphatic carbocycles. The van der Waals surface area contributed by atoms with E-state index in [1.807, 2.05) is 0 Å². The Morgan fingerprint density at radius 3 is 1.70 bits per heavy atom. The highest BCUT2D eigenvalue weighted by atomic mass is 16.3. The second-order valence-electron chi connectivity index (χ2n) is 18.8. The van der Waals surface area contributed by atoms with Crippen LogP contribution in [0.5, 0.6) is 0 Å². The molecule has 16 rings (SSSR count). The van der Waals surface area contributed by atoms with E-state index in [4.69, 9.17) is 14.4 Å². The van der Waals surface area contributed by atoms with Crippen LogP contribution in [-0.2, 0) is 0 Å². The lowest BCUT2D eigenvalue weighted by atomic mass is 9.94. The summed E-state index contributed by atoms with van der Waals surface area (Å²) < 4.78 is 11.9. The lowest BCUT2D eigenvalue weighted by Crippen LogP contribution is -2.04. The van der Waals surface area contributed by atoms with Crippen molar-refractivity contribution < 1.29 is 4.42 Å². The SMILES string of the molecule is c1ccc(-c2nc(-n3c4ccccc4c4c5ccccc5c5c6cc(-c7ccc8c9c%10ccccc%10ccc9n(-c9ccccc9)c8c7)ccc6oc5c43)nc3c4ccccc4c4ccccc4c23)cc1. The molecule has 0 fully saturated rings. The molecule has 4 aromatic heterocycles. The Labute approximate surface area is 405 Å². The number of rotatable bonds is 4. The summed E-state index contributed by atoms with van der Waals surface area (Å²) in [6.45, 7) is 0. The first-order valence-corrected chi connectivity index (χ1v) is 24.2. The van der Waals surface area contributed by atoms with Gasteiger partial charge in [0, 0.05) is 54.3 Å². The highest BCUT2D eigenvalue weighted by Gasteiger charge is 2.26. The van der Waals surface area contributed by atoms with Gasteiger partial charge >= 0.3 is 0 Å². The monoisotopic (exact) mass is 902 g/mol. The number of furan rings is 1. The van der Waals surface area contributed by atoms with Crippen molar-refractivity contribution in [2.24, 2.45) is 0 Å². The quantitative estimate of drug-likeness (QED) is 0.165. The van der Waals surface area contributed by atoms with Gasteiger partial charge in [0.15, 0.2) is 5.58 Å². The third-order valence-corrected chi connectivity index (χ3v) is 15.1. The van der Waals surface area contributed by atoms with Crippen LogP contribution in [0.25, 0.3) is 154 Å². The van der Waals surface area contributed by atoms with E-state index in [0.717, 1.165) is 110 Å². The van der Waals surface area contributed by atoms with Crippen LogP contribution >= 0.6 is 0 Å². The molecule has 0 aliphatic heterocycles. The van der Waals surface area contributed by atoms with Crippen molar-refractivity contribution in [3.05, 3.63) is 231 Å². The Morgan fingerprint density at radius 1 is 0.324 bits per heavy atom. The fourth-order valence-electron chi connectivity index (χ4n) is 12.1. The van der Waals surface area contributed by atoms with E-state index in [-0.39, 0.29) is 0 Å². The number of hydrogen-bond donors (Lipinski definition) is 0. The molecule has 0 aliphatic rings. The zero-order chi connectivity index (χ0) is 46.3. The van der Waals surface area contributed by atoms with Crippen molar-refractivity contribution in [2.75, 3.05) is 0 Å². The Balaban J connectivity index is 0.999. The molecule has 0 bridgehead atoms. The topological polar surface area (TPSA) is 48.8 Å². The van der Waals surface area contributed by atoms with E-state index in [9.17, 15) is 0 Å². The van der Waals surface area contributed by atoms with Gasteiger partial charge in [-0.05, 0) is 91.3 Å². The number of aromatic nitrogens is 4. The molecule has 0 N–H and O–H groups in total. The summed E-state index contributed by atoms with van der Waals surface area (Å²) in [4.78, 5) is 11.3. The van der Waals surface area contributed by atoms with Crippen molar-refractivity contribution in [1.82, 2.24) is 19.1 Å². The van der Waals surface area contributed by atoms with E-state index in [1.165, 1.54) is 38.0 Å². The van der Waals surface area contributed by atoms with Gasteiger partial charge in [-0.3, -0.25) is 4.57 Å². The van der Waals surface area contributed by atoms with Crippen LogP contribution in [0.3, 0.4) is 0 Å². The van der Waals surface area contributed by atoms with Gasteiger partial charge in [0.25, 0.3) is 0 Å². The summed E-state index contributed by atoms with van der Waals surface area (Å²) in [5.41, 5.74) is 12.2. The van der Waals surface area contributed by atoms with Gasteiger partial charge in [-0.1, -0.05) is 188 Å². The number of benzene rings is 12. The highest BCUT2D eigenvalue weighted by Crippen LogP contribution is 2.48. The first-order valence-electron chi connectivity index (χ1n) is 24.2. The van der Waals surface area contributed by atoms with Crippen LogP contribution in [0, 0.1) is 0 Å². The van der Waals surface area contributed by atoms with Crippen molar-refractivity contribution in [2.45, 2.75) is 0 Å². The molecule has 0 unspecified atom stereocenters. The molecule has 0 saturated carbocycles. The van der Waals surface area contributed by atoms with Crippen LogP contribution in [0.4, 0.5) is 0 Å². The van der Waals surface area contributed by atoms with Gasteiger partial charge in [0.05, 0.1) is 27.8 Å². The number of para-hydroxylation sites is 2. The van der Waals surface area contributed by atoms with Crippen LogP contribution in [0.15, 0.2) is 235 Å². The van der Waals surface area contributed by atoms with Crippen LogP contribution in [0.1, 0.15) is 0 Å². The van der Waals surface area contributed by atoms with Gasteiger partial charge in [-0.15, -0.1) is 0 Å². The second-order valence-corrected chi connectivity index (χ2v) is 18.8. The summed E-state index contributed by atoms with van der Waals surface area (Å²) >= 11 is 0. The van der Waals surface area contributed by atoms with E-state index in [0.29, 0.717) is 5.95 Å². The zero-order valence-electron chi connectivity index (χ0n) is 38.1. The fraction of sp³-hybridized carbons (Fsp3) is 0. The summed E-state index contributed by atoms with van der Waals surface area (Å²) in [5, 5.41) is 17.2. The van der Waals surface area contributed by atoms with Gasteiger partial charge < -0.3 is 8.98 Å². The van der Waals surface area contributed by atoms with E-state index < -0.39 is 0 Å². The molecule has 0 atom stereocenters. The molecule has 71 heavy (non-hydrogen) atoms. The maximum Gasteiger partial charge on any atom is 0.235 e. The second kappa shape index (κ2) is 14.5. The largest absolute Gasteiger partial charge is 0.454 e. The Morgan fingerprint density at radius 2 is 0.915 bits per heavy atom. The number of fused-ring (bicyclic) bond motifs is 21. The third kappa shape index (κ3) is 5.34. The van der Waals surface area contributed by atoms with E-state index >= 15 is 0 Å². The minimum Gasteiger partial charge on any atom is -0.454 e. The molecule has 328 valence electrons.